The average Bonchev–Trinajstić information content (AvgIpc) is 2.14. The van der Waals surface area contributed by atoms with Gasteiger partial charge in [0.05, 0.1) is 12.7 Å². The van der Waals surface area contributed by atoms with E-state index in [2.05, 4.69) is 4.74 Å². The average molecular weight is 232 g/mol. The minimum absolute atomic E-state index is 0.303. The molecule has 7 heteroatoms. The Kier molecular flexibility index (Phi) is 2.96. The van der Waals surface area contributed by atoms with Crippen molar-refractivity contribution < 1.29 is 27.6 Å². The molecular formula is C8H8O6S. The van der Waals surface area contributed by atoms with Gasteiger partial charge in [0.2, 0.25) is 0 Å². The Balaban J connectivity index is 3.47. The van der Waals surface area contributed by atoms with Gasteiger partial charge in [0.15, 0.2) is 0 Å². The molecule has 2 N–H and O–H groups in total. The van der Waals surface area contributed by atoms with Gasteiger partial charge in [0, 0.05) is 0 Å². The van der Waals surface area contributed by atoms with Gasteiger partial charge in [-0.25, -0.2) is 4.79 Å². The largest absolute Gasteiger partial charge is 0.508 e. The Morgan fingerprint density at radius 3 is 2.47 bits per heavy atom. The van der Waals surface area contributed by atoms with Gasteiger partial charge >= 0.3 is 5.97 Å². The van der Waals surface area contributed by atoms with Gasteiger partial charge in [-0.15, -0.1) is 0 Å². The topological polar surface area (TPSA) is 101 Å². The van der Waals surface area contributed by atoms with E-state index in [1.165, 1.54) is 0 Å². The van der Waals surface area contributed by atoms with Gasteiger partial charge < -0.3 is 9.84 Å². The first-order valence-electron chi connectivity index (χ1n) is 3.75. The first-order valence-corrected chi connectivity index (χ1v) is 5.19. The maximum Gasteiger partial charge on any atom is 0.339 e. The third-order valence-corrected chi connectivity index (χ3v) is 2.56. The summed E-state index contributed by atoms with van der Waals surface area (Å²) in [5.74, 6) is -1.26. The number of carbonyl (C=O) groups is 1. The Labute approximate surface area is 85.9 Å². The van der Waals surface area contributed by atoms with Crippen molar-refractivity contribution in [1.29, 1.82) is 0 Å². The normalized spacial score (nSPS) is 11.1. The first-order chi connectivity index (χ1) is 6.86. The number of esters is 1. The lowest BCUT2D eigenvalue weighted by molar-refractivity contribution is 0.0595. The minimum Gasteiger partial charge on any atom is -0.508 e. The van der Waals surface area contributed by atoms with Crippen molar-refractivity contribution in [2.45, 2.75) is 4.90 Å². The highest BCUT2D eigenvalue weighted by molar-refractivity contribution is 7.86. The second-order valence-electron chi connectivity index (χ2n) is 2.65. The van der Waals surface area contributed by atoms with E-state index in [1.807, 2.05) is 0 Å². The Hall–Kier alpha value is -1.60. The molecule has 0 radical (unpaired) electrons. The van der Waals surface area contributed by atoms with Gasteiger partial charge in [-0.2, -0.15) is 8.42 Å². The summed E-state index contributed by atoms with van der Waals surface area (Å²) in [6, 6.07) is 2.85. The van der Waals surface area contributed by atoms with Crippen LogP contribution in [0.3, 0.4) is 0 Å². The maximum atomic E-state index is 11.1. The number of hydrogen-bond donors (Lipinski definition) is 2. The molecule has 0 heterocycles. The summed E-state index contributed by atoms with van der Waals surface area (Å²) in [4.78, 5) is 10.5. The van der Waals surface area contributed by atoms with Gasteiger partial charge in [0.25, 0.3) is 10.1 Å². The maximum absolute atomic E-state index is 11.1. The molecule has 0 saturated heterocycles. The molecule has 1 aromatic rings. The number of benzene rings is 1. The summed E-state index contributed by atoms with van der Waals surface area (Å²) in [6.45, 7) is 0. The first kappa shape index (κ1) is 11.5. The molecule has 0 aliphatic carbocycles. The van der Waals surface area contributed by atoms with E-state index in [0.29, 0.717) is 0 Å². The van der Waals surface area contributed by atoms with E-state index in [-0.39, 0.29) is 5.75 Å². The van der Waals surface area contributed by atoms with Gasteiger partial charge in [-0.1, -0.05) is 0 Å². The van der Waals surface area contributed by atoms with Crippen molar-refractivity contribution >= 4 is 16.1 Å². The number of rotatable bonds is 2. The highest BCUT2D eigenvalue weighted by Crippen LogP contribution is 2.21. The lowest BCUT2D eigenvalue weighted by Crippen LogP contribution is -2.09. The molecule has 0 fully saturated rings. The number of ether oxygens (including phenoxy) is 1. The zero-order chi connectivity index (χ0) is 11.6. The van der Waals surface area contributed by atoms with Crippen molar-refractivity contribution in [1.82, 2.24) is 0 Å². The molecule has 0 saturated carbocycles. The van der Waals surface area contributed by atoms with Gasteiger partial charge in [-0.05, 0) is 18.2 Å². The Morgan fingerprint density at radius 2 is 2.00 bits per heavy atom. The van der Waals surface area contributed by atoms with Crippen LogP contribution >= 0.6 is 0 Å². The van der Waals surface area contributed by atoms with Crippen LogP contribution in [-0.2, 0) is 14.9 Å². The van der Waals surface area contributed by atoms with Crippen molar-refractivity contribution in [3.63, 3.8) is 0 Å². The fraction of sp³-hybridized carbons (Fsp3) is 0.125. The van der Waals surface area contributed by atoms with Crippen LogP contribution in [0.5, 0.6) is 5.75 Å². The number of carbonyl (C=O) groups excluding carboxylic acids is 1. The monoisotopic (exact) mass is 232 g/mol. The van der Waals surface area contributed by atoms with E-state index in [9.17, 15) is 13.2 Å². The van der Waals surface area contributed by atoms with Crippen LogP contribution in [0, 0.1) is 0 Å². The summed E-state index contributed by atoms with van der Waals surface area (Å²) in [5.41, 5.74) is -0.417. The molecule has 82 valence electrons. The highest BCUT2D eigenvalue weighted by Gasteiger charge is 2.21. The van der Waals surface area contributed by atoms with Crippen molar-refractivity contribution in [3.8, 4) is 5.75 Å². The second kappa shape index (κ2) is 3.87. The van der Waals surface area contributed by atoms with Crippen LogP contribution in [0.4, 0.5) is 0 Å². The summed E-state index contributed by atoms with van der Waals surface area (Å²) in [6.07, 6.45) is 0. The number of phenolic OH excluding ortho intramolecular Hbond substituents is 1. The lowest BCUT2D eigenvalue weighted by atomic mass is 10.2. The molecule has 15 heavy (non-hydrogen) atoms. The number of phenols is 1. The van der Waals surface area contributed by atoms with Crippen LogP contribution in [0.15, 0.2) is 23.1 Å². The van der Waals surface area contributed by atoms with Crippen LogP contribution in [0.1, 0.15) is 10.4 Å². The van der Waals surface area contributed by atoms with Crippen LogP contribution in [-0.4, -0.2) is 31.2 Å². The van der Waals surface area contributed by atoms with Crippen molar-refractivity contribution in [2.24, 2.45) is 0 Å². The fourth-order valence-corrected chi connectivity index (χ4v) is 1.67. The standard InChI is InChI=1S/C8H8O6S/c1-14-8(10)6-4-5(9)2-3-7(6)15(11,12)13/h2-4,9H,1H3,(H,11,12,13). The van der Waals surface area contributed by atoms with Crippen LogP contribution in [0.25, 0.3) is 0 Å². The smallest absolute Gasteiger partial charge is 0.339 e. The molecule has 0 aliphatic rings. The SMILES string of the molecule is COC(=O)c1cc(O)ccc1S(=O)(=O)O. The molecule has 0 spiro atoms. The van der Waals surface area contributed by atoms with E-state index in [0.717, 1.165) is 25.3 Å². The molecule has 0 amide bonds. The zero-order valence-electron chi connectivity index (χ0n) is 7.67. The lowest BCUT2D eigenvalue weighted by Gasteiger charge is -2.05. The molecule has 0 aliphatic heterocycles. The summed E-state index contributed by atoms with van der Waals surface area (Å²) in [7, 11) is -3.46. The van der Waals surface area contributed by atoms with Gasteiger partial charge in [-0.3, -0.25) is 4.55 Å². The van der Waals surface area contributed by atoms with E-state index < -0.39 is 26.5 Å². The summed E-state index contributed by atoms with van der Waals surface area (Å²) in [5, 5.41) is 9.06. The van der Waals surface area contributed by atoms with Crippen LogP contribution < -0.4 is 0 Å². The summed E-state index contributed by atoms with van der Waals surface area (Å²) >= 11 is 0. The molecule has 0 bridgehead atoms. The second-order valence-corrected chi connectivity index (χ2v) is 4.04. The zero-order valence-corrected chi connectivity index (χ0v) is 8.48. The third-order valence-electron chi connectivity index (χ3n) is 1.65. The van der Waals surface area contributed by atoms with Crippen LogP contribution in [0.2, 0.25) is 0 Å². The Morgan fingerprint density at radius 1 is 1.40 bits per heavy atom. The molecule has 6 nitrogen and oxygen atoms in total. The number of aromatic hydroxyl groups is 1. The van der Waals surface area contributed by atoms with E-state index in [1.54, 1.807) is 0 Å². The number of hydrogen-bond acceptors (Lipinski definition) is 5. The fourth-order valence-electron chi connectivity index (χ4n) is 1.01. The molecule has 0 atom stereocenters. The molecule has 1 aromatic carbocycles. The predicted molar refractivity (Wildman–Crippen MR) is 49.3 cm³/mol. The van der Waals surface area contributed by atoms with E-state index >= 15 is 0 Å². The predicted octanol–water partition coefficient (Wildman–Crippen LogP) is 0.426. The molecular weight excluding hydrogens is 224 g/mol. The van der Waals surface area contributed by atoms with Crippen molar-refractivity contribution in [2.75, 3.05) is 7.11 Å². The van der Waals surface area contributed by atoms with Crippen molar-refractivity contribution in [3.05, 3.63) is 23.8 Å². The Bertz CT molecular complexity index is 490. The van der Waals surface area contributed by atoms with E-state index in [4.69, 9.17) is 9.66 Å². The molecule has 1 rings (SSSR count). The summed E-state index contributed by atoms with van der Waals surface area (Å²) < 4.78 is 34.8. The highest BCUT2D eigenvalue weighted by atomic mass is 32.2. The van der Waals surface area contributed by atoms with Gasteiger partial charge in [0.1, 0.15) is 10.6 Å². The third kappa shape index (κ3) is 2.45. The minimum atomic E-state index is -4.52. The molecule has 0 aromatic heterocycles. The quantitative estimate of drug-likeness (QED) is 0.566. The number of methoxy groups -OCH3 is 1. The molecule has 0 unspecified atom stereocenters.